The number of nitrogens with zero attached hydrogens (tertiary/aromatic N) is 2. The molecule has 1 atom stereocenters. The average molecular weight is 299 g/mol. The second-order valence-electron chi connectivity index (χ2n) is 5.15. The number of hydrogen-bond donors (Lipinski definition) is 2. The minimum atomic E-state index is -1.02. The molecule has 0 aromatic carbocycles. The number of aromatic nitrogens is 1. The number of amides is 2. The van der Waals surface area contributed by atoms with E-state index in [1.165, 1.54) is 16.2 Å². The Bertz CT molecular complexity index is 473. The van der Waals surface area contributed by atoms with Crippen LogP contribution in [0.5, 0.6) is 0 Å². The van der Waals surface area contributed by atoms with Gasteiger partial charge in [-0.3, -0.25) is 4.79 Å². The summed E-state index contributed by atoms with van der Waals surface area (Å²) >= 11 is 1.52. The molecular formula is C13H21N3O3S. The van der Waals surface area contributed by atoms with Gasteiger partial charge >= 0.3 is 12.0 Å². The van der Waals surface area contributed by atoms with Crippen molar-refractivity contribution in [2.24, 2.45) is 5.92 Å². The molecule has 0 saturated heterocycles. The molecule has 0 fully saturated rings. The second kappa shape index (κ2) is 7.23. The number of carbonyl (C=O) groups excluding carboxylic acids is 1. The molecule has 1 aromatic heterocycles. The van der Waals surface area contributed by atoms with E-state index in [9.17, 15) is 9.59 Å². The lowest BCUT2D eigenvalue weighted by atomic mass is 10.2. The van der Waals surface area contributed by atoms with Gasteiger partial charge in [0.1, 0.15) is 11.6 Å². The van der Waals surface area contributed by atoms with Gasteiger partial charge < -0.3 is 15.3 Å². The van der Waals surface area contributed by atoms with Crippen molar-refractivity contribution in [2.45, 2.75) is 33.7 Å². The van der Waals surface area contributed by atoms with E-state index in [-0.39, 0.29) is 24.5 Å². The van der Waals surface area contributed by atoms with E-state index in [0.717, 1.165) is 9.88 Å². The number of carboxylic acids is 1. The van der Waals surface area contributed by atoms with Crippen LogP contribution in [0.4, 0.5) is 4.79 Å². The van der Waals surface area contributed by atoms with Crippen LogP contribution in [0.1, 0.15) is 36.7 Å². The third-order valence-electron chi connectivity index (χ3n) is 2.55. The molecule has 0 aliphatic heterocycles. The Balaban J connectivity index is 2.67. The monoisotopic (exact) mass is 299 g/mol. The van der Waals surface area contributed by atoms with Gasteiger partial charge in [-0.25, -0.2) is 9.78 Å². The zero-order valence-corrected chi connectivity index (χ0v) is 13.0. The summed E-state index contributed by atoms with van der Waals surface area (Å²) in [6, 6.07) is -0.605. The number of urea groups is 1. The highest BCUT2D eigenvalue weighted by Gasteiger charge is 2.20. The molecule has 0 radical (unpaired) electrons. The van der Waals surface area contributed by atoms with Gasteiger partial charge in [0.05, 0.1) is 6.04 Å². The maximum Gasteiger partial charge on any atom is 0.323 e. The number of aliphatic carboxylic acids is 1. The summed E-state index contributed by atoms with van der Waals surface area (Å²) in [4.78, 5) is 29.6. The van der Waals surface area contributed by atoms with Crippen molar-refractivity contribution in [1.29, 1.82) is 0 Å². The molecule has 0 aliphatic carbocycles. The maximum absolute atomic E-state index is 12.1. The summed E-state index contributed by atoms with van der Waals surface area (Å²) in [6.45, 7) is 7.77. The van der Waals surface area contributed by atoms with Crippen LogP contribution in [-0.4, -0.2) is 40.1 Å². The van der Waals surface area contributed by atoms with Gasteiger partial charge in [-0.05, 0) is 19.8 Å². The van der Waals surface area contributed by atoms with Crippen molar-refractivity contribution >= 4 is 23.3 Å². The van der Waals surface area contributed by atoms with Gasteiger partial charge in [0.2, 0.25) is 0 Å². The van der Waals surface area contributed by atoms with E-state index in [2.05, 4.69) is 10.3 Å². The van der Waals surface area contributed by atoms with Crippen LogP contribution in [-0.2, 0) is 4.79 Å². The van der Waals surface area contributed by atoms with Crippen molar-refractivity contribution in [3.05, 3.63) is 16.1 Å². The minimum absolute atomic E-state index is 0.206. The highest BCUT2D eigenvalue weighted by molar-refractivity contribution is 7.11. The third-order valence-corrected chi connectivity index (χ3v) is 3.64. The van der Waals surface area contributed by atoms with Gasteiger partial charge in [-0.2, -0.15) is 0 Å². The van der Waals surface area contributed by atoms with Crippen LogP contribution in [0.15, 0.2) is 6.20 Å². The second-order valence-corrected chi connectivity index (χ2v) is 6.41. The van der Waals surface area contributed by atoms with Crippen molar-refractivity contribution in [3.63, 3.8) is 0 Å². The Hall–Kier alpha value is -1.63. The average Bonchev–Trinajstić information content (AvgIpc) is 2.73. The quantitative estimate of drug-likeness (QED) is 0.844. The van der Waals surface area contributed by atoms with E-state index >= 15 is 0 Å². The summed E-state index contributed by atoms with van der Waals surface area (Å²) in [5, 5.41) is 12.5. The van der Waals surface area contributed by atoms with Crippen molar-refractivity contribution < 1.29 is 14.7 Å². The van der Waals surface area contributed by atoms with Gasteiger partial charge in [-0.1, -0.05) is 13.8 Å². The number of aryl methyl sites for hydroxylation is 1. The van der Waals surface area contributed by atoms with Crippen molar-refractivity contribution in [2.75, 3.05) is 13.1 Å². The summed E-state index contributed by atoms with van der Waals surface area (Å²) in [5.74, 6) is -0.809. The molecule has 1 heterocycles. The fourth-order valence-electron chi connectivity index (χ4n) is 1.73. The standard InChI is InChI=1S/C13H21N3O3S/c1-8(2)6-16(7-11(17)18)13(19)15-10(4)12-14-5-9(3)20-12/h5,8,10H,6-7H2,1-4H3,(H,15,19)(H,17,18). The lowest BCUT2D eigenvalue weighted by Crippen LogP contribution is -2.45. The lowest BCUT2D eigenvalue weighted by Gasteiger charge is -2.24. The molecule has 6 nitrogen and oxygen atoms in total. The molecule has 1 unspecified atom stereocenters. The number of thiazole rings is 1. The van der Waals surface area contributed by atoms with E-state index < -0.39 is 5.97 Å². The van der Waals surface area contributed by atoms with Crippen LogP contribution in [0.25, 0.3) is 0 Å². The Morgan fingerprint density at radius 2 is 2.10 bits per heavy atom. The molecule has 0 aliphatic rings. The van der Waals surface area contributed by atoms with Crippen LogP contribution in [0.3, 0.4) is 0 Å². The molecule has 1 aromatic rings. The van der Waals surface area contributed by atoms with Crippen molar-refractivity contribution in [1.82, 2.24) is 15.2 Å². The molecule has 20 heavy (non-hydrogen) atoms. The topological polar surface area (TPSA) is 82.5 Å². The van der Waals surface area contributed by atoms with Gasteiger partial charge in [0.15, 0.2) is 0 Å². The van der Waals surface area contributed by atoms with Crippen molar-refractivity contribution in [3.8, 4) is 0 Å². The molecule has 2 amide bonds. The zero-order chi connectivity index (χ0) is 15.3. The van der Waals surface area contributed by atoms with Gasteiger partial charge in [0.25, 0.3) is 0 Å². The predicted molar refractivity (Wildman–Crippen MR) is 77.8 cm³/mol. The van der Waals surface area contributed by atoms with E-state index in [1.54, 1.807) is 6.20 Å². The van der Waals surface area contributed by atoms with Gasteiger partial charge in [-0.15, -0.1) is 11.3 Å². The molecule has 1 rings (SSSR count). The Kier molecular flexibility index (Phi) is 5.94. The fourth-order valence-corrected chi connectivity index (χ4v) is 2.51. The lowest BCUT2D eigenvalue weighted by molar-refractivity contribution is -0.137. The SMILES string of the molecule is Cc1cnc(C(C)NC(=O)N(CC(=O)O)CC(C)C)s1. The first-order chi connectivity index (χ1) is 9.29. The van der Waals surface area contributed by atoms with Crippen LogP contribution >= 0.6 is 11.3 Å². The predicted octanol–water partition coefficient (Wildman–Crippen LogP) is 2.26. The molecule has 0 saturated carbocycles. The number of carboxylic acid groups (broad SMARTS) is 1. The first kappa shape index (κ1) is 16.4. The van der Waals surface area contributed by atoms with Crippen LogP contribution in [0, 0.1) is 12.8 Å². The molecule has 112 valence electrons. The Morgan fingerprint density at radius 1 is 1.45 bits per heavy atom. The van der Waals surface area contributed by atoms with Crippen LogP contribution in [0.2, 0.25) is 0 Å². The maximum atomic E-state index is 12.1. The number of nitrogens with one attached hydrogen (secondary N) is 1. The van der Waals surface area contributed by atoms with E-state index in [4.69, 9.17) is 5.11 Å². The fraction of sp³-hybridized carbons (Fsp3) is 0.615. The normalized spacial score (nSPS) is 12.2. The first-order valence-corrected chi connectivity index (χ1v) is 7.30. The Labute approximate surface area is 122 Å². The minimum Gasteiger partial charge on any atom is -0.480 e. The number of hydrogen-bond acceptors (Lipinski definition) is 4. The van der Waals surface area contributed by atoms with Crippen LogP contribution < -0.4 is 5.32 Å². The highest BCUT2D eigenvalue weighted by Crippen LogP contribution is 2.19. The number of carbonyl (C=O) groups is 2. The molecular weight excluding hydrogens is 278 g/mol. The Morgan fingerprint density at radius 3 is 2.55 bits per heavy atom. The molecule has 2 N–H and O–H groups in total. The molecule has 0 bridgehead atoms. The largest absolute Gasteiger partial charge is 0.480 e. The molecule has 0 spiro atoms. The van der Waals surface area contributed by atoms with E-state index in [0.29, 0.717) is 6.54 Å². The summed E-state index contributed by atoms with van der Waals surface area (Å²) in [6.07, 6.45) is 1.76. The summed E-state index contributed by atoms with van der Waals surface area (Å²) in [5.41, 5.74) is 0. The number of rotatable bonds is 6. The smallest absolute Gasteiger partial charge is 0.323 e. The highest BCUT2D eigenvalue weighted by atomic mass is 32.1. The summed E-state index contributed by atoms with van der Waals surface area (Å²) < 4.78 is 0. The van der Waals surface area contributed by atoms with E-state index in [1.807, 2.05) is 27.7 Å². The van der Waals surface area contributed by atoms with Gasteiger partial charge in [0, 0.05) is 17.6 Å². The third kappa shape index (κ3) is 5.16. The first-order valence-electron chi connectivity index (χ1n) is 6.49. The molecule has 7 heteroatoms. The summed E-state index contributed by atoms with van der Waals surface area (Å²) in [7, 11) is 0. The zero-order valence-electron chi connectivity index (χ0n) is 12.2.